The van der Waals surface area contributed by atoms with Gasteiger partial charge in [-0.15, -0.1) is 0 Å². The van der Waals surface area contributed by atoms with E-state index >= 15 is 0 Å². The normalized spacial score (nSPS) is 25.1. The van der Waals surface area contributed by atoms with Crippen LogP contribution in [-0.4, -0.2) is 38.8 Å². The molecule has 3 heteroatoms. The second kappa shape index (κ2) is 5.07. The first-order valence-corrected chi connectivity index (χ1v) is 6.17. The third kappa shape index (κ3) is 2.45. The van der Waals surface area contributed by atoms with Gasteiger partial charge in [-0.2, -0.15) is 0 Å². The fraction of sp³-hybridized carbons (Fsp3) is 0.571. The minimum atomic E-state index is -0.155. The number of hydrogen-bond donors (Lipinski definition) is 0. The van der Waals surface area contributed by atoms with Crippen molar-refractivity contribution in [2.45, 2.75) is 18.9 Å². The van der Waals surface area contributed by atoms with Crippen LogP contribution in [0.5, 0.6) is 5.75 Å². The highest BCUT2D eigenvalue weighted by Crippen LogP contribution is 2.36. The first-order chi connectivity index (χ1) is 8.20. The number of likely N-dealkylation sites (N-methyl/N-ethyl adjacent to an activating group) is 1. The van der Waals surface area contributed by atoms with Gasteiger partial charge in [0, 0.05) is 19.7 Å². The Morgan fingerprint density at radius 2 is 2.24 bits per heavy atom. The van der Waals surface area contributed by atoms with Crippen molar-refractivity contribution in [2.24, 2.45) is 0 Å². The Kier molecular flexibility index (Phi) is 3.69. The summed E-state index contributed by atoms with van der Waals surface area (Å²) in [4.78, 5) is 2.31. The smallest absolute Gasteiger partial charge is 0.119 e. The van der Waals surface area contributed by atoms with Gasteiger partial charge in [0.1, 0.15) is 11.4 Å². The molecule has 0 radical (unpaired) electrons. The number of nitrogens with zero attached hydrogens (tertiary/aromatic N) is 1. The Hall–Kier alpha value is -1.06. The van der Waals surface area contributed by atoms with Crippen LogP contribution in [0.25, 0.3) is 0 Å². The van der Waals surface area contributed by atoms with E-state index in [1.165, 1.54) is 5.56 Å². The van der Waals surface area contributed by atoms with Crippen molar-refractivity contribution in [3.05, 3.63) is 29.8 Å². The summed E-state index contributed by atoms with van der Waals surface area (Å²) in [7, 11) is 3.84. The van der Waals surface area contributed by atoms with Gasteiger partial charge in [0.05, 0.1) is 7.11 Å². The van der Waals surface area contributed by atoms with Crippen molar-refractivity contribution in [1.82, 2.24) is 4.90 Å². The minimum absolute atomic E-state index is 0.155. The minimum Gasteiger partial charge on any atom is -0.497 e. The Balaban J connectivity index is 2.32. The molecule has 1 aliphatic heterocycles. The van der Waals surface area contributed by atoms with Crippen molar-refractivity contribution in [3.8, 4) is 5.75 Å². The van der Waals surface area contributed by atoms with E-state index in [1.54, 1.807) is 7.11 Å². The molecule has 0 aliphatic carbocycles. The molecule has 1 aromatic carbocycles. The summed E-state index contributed by atoms with van der Waals surface area (Å²) in [6, 6.07) is 8.24. The Labute approximate surface area is 103 Å². The Morgan fingerprint density at radius 3 is 2.82 bits per heavy atom. The molecule has 0 aromatic heterocycles. The first kappa shape index (κ1) is 12.4. The number of ether oxygens (including phenoxy) is 2. The van der Waals surface area contributed by atoms with Gasteiger partial charge in [-0.1, -0.05) is 12.1 Å². The van der Waals surface area contributed by atoms with E-state index in [9.17, 15) is 0 Å². The van der Waals surface area contributed by atoms with Crippen molar-refractivity contribution in [3.63, 3.8) is 0 Å². The maximum absolute atomic E-state index is 6.05. The highest BCUT2D eigenvalue weighted by molar-refractivity contribution is 5.33. The van der Waals surface area contributed by atoms with Gasteiger partial charge in [0.2, 0.25) is 0 Å². The van der Waals surface area contributed by atoms with Crippen LogP contribution >= 0.6 is 0 Å². The summed E-state index contributed by atoms with van der Waals surface area (Å²) < 4.78 is 11.3. The lowest BCUT2D eigenvalue weighted by Crippen LogP contribution is -2.32. The molecule has 94 valence electrons. The van der Waals surface area contributed by atoms with Gasteiger partial charge in [0.25, 0.3) is 0 Å². The fourth-order valence-electron chi connectivity index (χ4n) is 2.59. The van der Waals surface area contributed by atoms with E-state index in [1.807, 2.05) is 12.1 Å². The third-order valence-electron chi connectivity index (χ3n) is 3.44. The van der Waals surface area contributed by atoms with Gasteiger partial charge < -0.3 is 14.4 Å². The molecule has 3 nitrogen and oxygen atoms in total. The van der Waals surface area contributed by atoms with Crippen molar-refractivity contribution in [1.29, 1.82) is 0 Å². The van der Waals surface area contributed by atoms with Crippen LogP contribution < -0.4 is 4.74 Å². The van der Waals surface area contributed by atoms with Crippen LogP contribution in [0.3, 0.4) is 0 Å². The van der Waals surface area contributed by atoms with Crippen LogP contribution in [0.15, 0.2) is 24.3 Å². The number of benzene rings is 1. The summed E-state index contributed by atoms with van der Waals surface area (Å²) in [5, 5.41) is 0. The molecule has 1 heterocycles. The van der Waals surface area contributed by atoms with Crippen molar-refractivity contribution in [2.75, 3.05) is 33.9 Å². The lowest BCUT2D eigenvalue weighted by molar-refractivity contribution is -0.0344. The molecule has 0 amide bonds. The lowest BCUT2D eigenvalue weighted by atomic mass is 9.92. The van der Waals surface area contributed by atoms with Crippen LogP contribution in [0.4, 0.5) is 0 Å². The average Bonchev–Trinajstić information content (AvgIpc) is 2.73. The van der Waals surface area contributed by atoms with Crippen molar-refractivity contribution < 1.29 is 9.47 Å². The molecule has 1 aromatic rings. The molecule has 1 fully saturated rings. The summed E-state index contributed by atoms with van der Waals surface area (Å²) >= 11 is 0. The molecule has 1 saturated heterocycles. The standard InChI is InChI=1S/C14H21NO2/c1-4-17-14(8-9-15(2)11-14)12-6-5-7-13(10-12)16-3/h5-7,10H,4,8-9,11H2,1-3H3. The zero-order chi connectivity index (χ0) is 12.3. The van der Waals surface area contributed by atoms with Crippen LogP contribution in [0.1, 0.15) is 18.9 Å². The SMILES string of the molecule is CCOC1(c2cccc(OC)c2)CCN(C)C1. The molecular formula is C14H21NO2. The number of hydrogen-bond acceptors (Lipinski definition) is 3. The summed E-state index contributed by atoms with van der Waals surface area (Å²) in [6.45, 7) is 4.83. The highest BCUT2D eigenvalue weighted by Gasteiger charge is 2.39. The lowest BCUT2D eigenvalue weighted by Gasteiger charge is -2.29. The van der Waals surface area contributed by atoms with E-state index in [4.69, 9.17) is 9.47 Å². The second-order valence-electron chi connectivity index (χ2n) is 4.65. The molecule has 0 bridgehead atoms. The van der Waals surface area contributed by atoms with E-state index in [2.05, 4.69) is 31.0 Å². The highest BCUT2D eigenvalue weighted by atomic mass is 16.5. The number of likely N-dealkylation sites (tertiary alicyclic amines) is 1. The molecule has 0 N–H and O–H groups in total. The van der Waals surface area contributed by atoms with E-state index in [0.717, 1.165) is 31.9 Å². The molecular weight excluding hydrogens is 214 g/mol. The van der Waals surface area contributed by atoms with Crippen molar-refractivity contribution >= 4 is 0 Å². The van der Waals surface area contributed by atoms with E-state index in [0.29, 0.717) is 0 Å². The van der Waals surface area contributed by atoms with Crippen LogP contribution in [-0.2, 0) is 10.3 Å². The van der Waals surface area contributed by atoms with Gasteiger partial charge >= 0.3 is 0 Å². The predicted octanol–water partition coefficient (Wildman–Crippen LogP) is 2.26. The third-order valence-corrected chi connectivity index (χ3v) is 3.44. The van der Waals surface area contributed by atoms with Gasteiger partial charge in [-0.3, -0.25) is 0 Å². The molecule has 17 heavy (non-hydrogen) atoms. The summed E-state index contributed by atoms with van der Waals surface area (Å²) in [5.74, 6) is 0.899. The van der Waals surface area contributed by atoms with Crippen LogP contribution in [0.2, 0.25) is 0 Å². The van der Waals surface area contributed by atoms with Gasteiger partial charge in [0.15, 0.2) is 0 Å². The first-order valence-electron chi connectivity index (χ1n) is 6.17. The number of rotatable bonds is 4. The monoisotopic (exact) mass is 235 g/mol. The van der Waals surface area contributed by atoms with Crippen LogP contribution in [0, 0.1) is 0 Å². The molecule has 0 saturated carbocycles. The summed E-state index contributed by atoms with van der Waals surface area (Å²) in [6.07, 6.45) is 1.05. The zero-order valence-electron chi connectivity index (χ0n) is 10.9. The van der Waals surface area contributed by atoms with E-state index in [-0.39, 0.29) is 5.60 Å². The number of methoxy groups -OCH3 is 1. The topological polar surface area (TPSA) is 21.7 Å². The predicted molar refractivity (Wildman–Crippen MR) is 68.4 cm³/mol. The molecule has 2 rings (SSSR count). The molecule has 1 atom stereocenters. The summed E-state index contributed by atoms with van der Waals surface area (Å²) in [5.41, 5.74) is 1.07. The fourth-order valence-corrected chi connectivity index (χ4v) is 2.59. The molecule has 1 aliphatic rings. The van der Waals surface area contributed by atoms with E-state index < -0.39 is 0 Å². The largest absolute Gasteiger partial charge is 0.497 e. The Morgan fingerprint density at radius 1 is 1.41 bits per heavy atom. The maximum Gasteiger partial charge on any atom is 0.119 e. The second-order valence-corrected chi connectivity index (χ2v) is 4.65. The molecule has 0 spiro atoms. The zero-order valence-corrected chi connectivity index (χ0v) is 10.9. The maximum atomic E-state index is 6.05. The molecule has 1 unspecified atom stereocenters. The Bertz CT molecular complexity index is 376. The van der Waals surface area contributed by atoms with Gasteiger partial charge in [-0.25, -0.2) is 0 Å². The average molecular weight is 235 g/mol. The quantitative estimate of drug-likeness (QED) is 0.799. The van der Waals surface area contributed by atoms with Gasteiger partial charge in [-0.05, 0) is 38.1 Å².